The minimum atomic E-state index is -0.334. The summed E-state index contributed by atoms with van der Waals surface area (Å²) < 4.78 is 11.9. The molecule has 3 aromatic rings. The number of phenolic OH excluding ortho intramolecular Hbond substituents is 1. The quantitative estimate of drug-likeness (QED) is 0.327. The van der Waals surface area contributed by atoms with Crippen molar-refractivity contribution in [1.82, 2.24) is 15.1 Å². The van der Waals surface area contributed by atoms with Crippen molar-refractivity contribution in [1.29, 1.82) is 0 Å². The minimum Gasteiger partial charge on any atom is -0.507 e. The first-order valence-corrected chi connectivity index (χ1v) is 13.5. The summed E-state index contributed by atoms with van der Waals surface area (Å²) in [6.07, 6.45) is 6.62. The summed E-state index contributed by atoms with van der Waals surface area (Å²) >= 11 is 0. The molecule has 5 rings (SSSR count). The summed E-state index contributed by atoms with van der Waals surface area (Å²) in [4.78, 5) is 15.5. The predicted molar refractivity (Wildman–Crippen MR) is 143 cm³/mol. The molecule has 37 heavy (non-hydrogen) atoms. The average molecular weight is 504 g/mol. The fourth-order valence-corrected chi connectivity index (χ4v) is 5.65. The average Bonchev–Trinajstić information content (AvgIpc) is 3.59. The number of aryl methyl sites for hydroxylation is 2. The molecule has 1 saturated heterocycles. The van der Waals surface area contributed by atoms with Crippen LogP contribution in [-0.4, -0.2) is 52.0 Å². The number of nitrogens with zero attached hydrogens (tertiary/aromatic N) is 2. The van der Waals surface area contributed by atoms with Gasteiger partial charge in [-0.15, -0.1) is 0 Å². The number of benzene rings is 2. The Kier molecular flexibility index (Phi) is 7.51. The van der Waals surface area contributed by atoms with Crippen molar-refractivity contribution in [2.24, 2.45) is 0 Å². The van der Waals surface area contributed by atoms with Crippen molar-refractivity contribution >= 4 is 5.91 Å². The lowest BCUT2D eigenvalue weighted by atomic mass is 9.93. The lowest BCUT2D eigenvalue weighted by molar-refractivity contribution is 0.0495. The Hall–Kier alpha value is -3.32. The highest BCUT2D eigenvalue weighted by Gasteiger charge is 2.43. The summed E-state index contributed by atoms with van der Waals surface area (Å²) in [5.41, 5.74) is 5.44. The zero-order valence-corrected chi connectivity index (χ0v) is 22.0. The molecule has 0 aliphatic carbocycles. The Morgan fingerprint density at radius 1 is 1.16 bits per heavy atom. The molecule has 0 bridgehead atoms. The van der Waals surface area contributed by atoms with Crippen molar-refractivity contribution in [3.8, 4) is 22.8 Å². The van der Waals surface area contributed by atoms with Crippen LogP contribution in [-0.2, 0) is 4.74 Å². The molecule has 2 unspecified atom stereocenters. The Morgan fingerprint density at radius 3 is 2.68 bits per heavy atom. The summed E-state index contributed by atoms with van der Waals surface area (Å²) in [5.74, 6) is 0.909. The third-order valence-corrected chi connectivity index (χ3v) is 7.45. The molecule has 2 aliphatic heterocycles. The number of H-pyrrole nitrogens is 1. The Labute approximate surface area is 218 Å². The lowest BCUT2D eigenvalue weighted by Crippen LogP contribution is -2.36. The minimum absolute atomic E-state index is 0.0205. The maximum atomic E-state index is 13.6. The lowest BCUT2D eigenvalue weighted by Gasteiger charge is -2.28. The molecule has 2 aliphatic rings. The molecule has 0 spiro atoms. The van der Waals surface area contributed by atoms with Crippen molar-refractivity contribution in [3.05, 3.63) is 64.3 Å². The number of carbonyl (C=O) groups is 1. The van der Waals surface area contributed by atoms with E-state index in [1.165, 1.54) is 19.3 Å². The van der Waals surface area contributed by atoms with E-state index >= 15 is 0 Å². The summed E-state index contributed by atoms with van der Waals surface area (Å²) in [6.45, 7) is 8.07. The molecule has 1 amide bonds. The second-order valence-electron chi connectivity index (χ2n) is 10.3. The number of fused-ring (bicyclic) bond motifs is 1. The number of aromatic nitrogens is 2. The molecular weight excluding hydrogens is 466 g/mol. The highest BCUT2D eigenvalue weighted by Crippen LogP contribution is 2.46. The fourth-order valence-electron chi connectivity index (χ4n) is 5.65. The number of phenols is 1. The number of hydrogen-bond acceptors (Lipinski definition) is 5. The van der Waals surface area contributed by atoms with Crippen molar-refractivity contribution in [2.75, 3.05) is 19.8 Å². The van der Waals surface area contributed by atoms with Gasteiger partial charge in [-0.1, -0.05) is 44.4 Å². The smallest absolute Gasteiger partial charge is 0.273 e. The van der Waals surface area contributed by atoms with Gasteiger partial charge in [0.05, 0.1) is 18.8 Å². The molecule has 0 radical (unpaired) electrons. The molecule has 2 atom stereocenters. The van der Waals surface area contributed by atoms with Crippen LogP contribution in [0.25, 0.3) is 11.3 Å². The van der Waals surface area contributed by atoms with Gasteiger partial charge in [0.2, 0.25) is 0 Å². The largest absolute Gasteiger partial charge is 0.507 e. The molecule has 1 fully saturated rings. The van der Waals surface area contributed by atoms with Gasteiger partial charge >= 0.3 is 0 Å². The molecule has 2 aromatic carbocycles. The fraction of sp³-hybridized carbons (Fsp3) is 0.467. The highest BCUT2D eigenvalue weighted by molar-refractivity contribution is 6.00. The molecule has 2 N–H and O–H groups in total. The highest BCUT2D eigenvalue weighted by atomic mass is 16.5. The molecule has 3 heterocycles. The number of aromatic amines is 1. The second kappa shape index (κ2) is 11.0. The number of rotatable bonds is 10. The van der Waals surface area contributed by atoms with E-state index in [4.69, 9.17) is 9.47 Å². The summed E-state index contributed by atoms with van der Waals surface area (Å²) in [6, 6.07) is 11.5. The zero-order chi connectivity index (χ0) is 25.9. The van der Waals surface area contributed by atoms with Gasteiger partial charge in [-0.3, -0.25) is 9.89 Å². The van der Waals surface area contributed by atoms with Crippen LogP contribution < -0.4 is 4.74 Å². The van der Waals surface area contributed by atoms with Gasteiger partial charge in [0.15, 0.2) is 0 Å². The number of amides is 1. The number of nitrogens with one attached hydrogen (secondary N) is 1. The van der Waals surface area contributed by atoms with E-state index in [-0.39, 0.29) is 23.8 Å². The first-order valence-electron chi connectivity index (χ1n) is 13.5. The first-order chi connectivity index (χ1) is 18.0. The van der Waals surface area contributed by atoms with E-state index in [1.54, 1.807) is 6.07 Å². The van der Waals surface area contributed by atoms with E-state index in [9.17, 15) is 9.90 Å². The Balaban J connectivity index is 1.49. The normalized spacial score (nSPS) is 19.0. The van der Waals surface area contributed by atoms with E-state index in [1.807, 2.05) is 49.1 Å². The Bertz CT molecular complexity index is 1220. The van der Waals surface area contributed by atoms with E-state index < -0.39 is 0 Å². The van der Waals surface area contributed by atoms with Crippen molar-refractivity contribution in [2.45, 2.75) is 71.4 Å². The van der Waals surface area contributed by atoms with Crippen LogP contribution in [0.1, 0.15) is 84.2 Å². The topological polar surface area (TPSA) is 87.7 Å². The van der Waals surface area contributed by atoms with Crippen LogP contribution in [0.15, 0.2) is 36.4 Å². The SMILES string of the molecule is CCCCCCOc1ccc(C2c3c(-c4c(C)cc(C)cc4O)n[nH]c3C(=O)N2CC2CCCO2)cc1. The van der Waals surface area contributed by atoms with Crippen LogP contribution in [0.5, 0.6) is 11.5 Å². The molecule has 0 saturated carbocycles. The number of unbranched alkanes of at least 4 members (excludes halogenated alkanes) is 3. The Morgan fingerprint density at radius 2 is 1.97 bits per heavy atom. The van der Waals surface area contributed by atoms with E-state index in [2.05, 4.69) is 17.1 Å². The van der Waals surface area contributed by atoms with E-state index in [0.717, 1.165) is 53.9 Å². The van der Waals surface area contributed by atoms with Crippen LogP contribution in [0.3, 0.4) is 0 Å². The molecule has 7 nitrogen and oxygen atoms in total. The number of aromatic hydroxyl groups is 1. The van der Waals surface area contributed by atoms with Crippen LogP contribution in [0.2, 0.25) is 0 Å². The maximum Gasteiger partial charge on any atom is 0.273 e. The summed E-state index contributed by atoms with van der Waals surface area (Å²) in [5, 5.41) is 18.4. The van der Waals surface area contributed by atoms with Crippen LogP contribution >= 0.6 is 0 Å². The predicted octanol–water partition coefficient (Wildman–Crippen LogP) is 6.08. The molecule has 196 valence electrons. The number of carbonyl (C=O) groups excluding carboxylic acids is 1. The van der Waals surface area contributed by atoms with Gasteiger partial charge in [0.25, 0.3) is 5.91 Å². The molecule has 1 aromatic heterocycles. The van der Waals surface area contributed by atoms with Crippen LogP contribution in [0.4, 0.5) is 0 Å². The zero-order valence-electron chi connectivity index (χ0n) is 22.0. The molecule has 7 heteroatoms. The first kappa shape index (κ1) is 25.3. The standard InChI is InChI=1S/C30H37N3O4/c1-4-5-6-7-14-36-22-12-10-21(11-13-22)29-26-27(25-20(3)16-19(2)17-24(25)34)31-32-28(26)30(35)33(29)18-23-9-8-15-37-23/h10-13,16-17,23,29,34H,4-9,14-15,18H2,1-3H3,(H,31,32). The monoisotopic (exact) mass is 503 g/mol. The van der Waals surface area contributed by atoms with Gasteiger partial charge in [0.1, 0.15) is 22.9 Å². The maximum absolute atomic E-state index is 13.6. The van der Waals surface area contributed by atoms with Gasteiger partial charge < -0.3 is 19.5 Å². The second-order valence-corrected chi connectivity index (χ2v) is 10.3. The van der Waals surface area contributed by atoms with Crippen molar-refractivity contribution in [3.63, 3.8) is 0 Å². The third kappa shape index (κ3) is 5.10. The van der Waals surface area contributed by atoms with E-state index in [0.29, 0.717) is 30.1 Å². The molecular formula is C30H37N3O4. The number of ether oxygens (including phenoxy) is 2. The third-order valence-electron chi connectivity index (χ3n) is 7.45. The van der Waals surface area contributed by atoms with Gasteiger partial charge in [-0.2, -0.15) is 5.10 Å². The van der Waals surface area contributed by atoms with Gasteiger partial charge in [-0.05, 0) is 68.0 Å². The van der Waals surface area contributed by atoms with Gasteiger partial charge in [0, 0.05) is 24.3 Å². The number of hydrogen-bond donors (Lipinski definition) is 2. The van der Waals surface area contributed by atoms with Crippen LogP contribution in [0, 0.1) is 13.8 Å². The van der Waals surface area contributed by atoms with Crippen molar-refractivity contribution < 1.29 is 19.4 Å². The van der Waals surface area contributed by atoms with Gasteiger partial charge in [-0.25, -0.2) is 0 Å². The summed E-state index contributed by atoms with van der Waals surface area (Å²) in [7, 11) is 0.